The van der Waals surface area contributed by atoms with Gasteiger partial charge in [-0.2, -0.15) is 5.26 Å². The third-order valence-corrected chi connectivity index (χ3v) is 4.17. The number of carbonyl (C=O) groups excluding carboxylic acids is 2. The highest BCUT2D eigenvalue weighted by Gasteiger charge is 2.19. The lowest BCUT2D eigenvalue weighted by Crippen LogP contribution is -2.34. The summed E-state index contributed by atoms with van der Waals surface area (Å²) in [5, 5.41) is 11.8. The van der Waals surface area contributed by atoms with Crippen molar-refractivity contribution in [1.82, 2.24) is 15.2 Å². The number of H-pyrrole nitrogens is 1. The molecule has 1 saturated heterocycles. The maximum atomic E-state index is 12.3. The van der Waals surface area contributed by atoms with E-state index in [0.29, 0.717) is 43.7 Å². The molecule has 1 aliphatic rings. The topological polar surface area (TPSA) is 106 Å². The normalized spacial score (nSPS) is 14.8. The van der Waals surface area contributed by atoms with E-state index in [1.54, 1.807) is 18.7 Å². The summed E-state index contributed by atoms with van der Waals surface area (Å²) in [5.41, 5.74) is 1.86. The predicted molar refractivity (Wildman–Crippen MR) is 83.8 cm³/mol. The number of aryl methyl sites for hydroxylation is 1. The number of nitrogens with zero attached hydrogens (tertiary/aromatic N) is 2. The van der Waals surface area contributed by atoms with Gasteiger partial charge in [-0.3, -0.25) is 14.4 Å². The van der Waals surface area contributed by atoms with Crippen LogP contribution in [0.15, 0.2) is 4.79 Å². The van der Waals surface area contributed by atoms with Crippen LogP contribution in [0.25, 0.3) is 0 Å². The van der Waals surface area contributed by atoms with E-state index >= 15 is 0 Å². The van der Waals surface area contributed by atoms with E-state index in [4.69, 9.17) is 5.26 Å². The van der Waals surface area contributed by atoms with Crippen LogP contribution in [-0.2, 0) is 16.0 Å². The fourth-order valence-electron chi connectivity index (χ4n) is 2.83. The summed E-state index contributed by atoms with van der Waals surface area (Å²) in [6.45, 7) is 4.91. The molecule has 0 aliphatic carbocycles. The van der Waals surface area contributed by atoms with E-state index in [9.17, 15) is 14.4 Å². The van der Waals surface area contributed by atoms with Crippen LogP contribution in [0.1, 0.15) is 35.2 Å². The zero-order valence-corrected chi connectivity index (χ0v) is 13.4. The van der Waals surface area contributed by atoms with Crippen LogP contribution >= 0.6 is 0 Å². The van der Waals surface area contributed by atoms with Gasteiger partial charge >= 0.3 is 0 Å². The Hall–Kier alpha value is -2.62. The van der Waals surface area contributed by atoms with Crippen LogP contribution in [0, 0.1) is 25.2 Å². The van der Waals surface area contributed by atoms with Crippen LogP contribution in [0.5, 0.6) is 0 Å². The van der Waals surface area contributed by atoms with Crippen LogP contribution in [0.2, 0.25) is 0 Å². The molecule has 2 rings (SSSR count). The molecule has 0 radical (unpaired) electrons. The lowest BCUT2D eigenvalue weighted by Gasteiger charge is -2.20. The van der Waals surface area contributed by atoms with Crippen molar-refractivity contribution in [3.8, 4) is 6.07 Å². The van der Waals surface area contributed by atoms with Gasteiger partial charge in [0.25, 0.3) is 5.56 Å². The fourth-order valence-corrected chi connectivity index (χ4v) is 2.83. The quantitative estimate of drug-likeness (QED) is 0.827. The second-order valence-corrected chi connectivity index (χ2v) is 5.65. The maximum absolute atomic E-state index is 12.3. The minimum Gasteiger partial charge on any atom is -0.354 e. The molecule has 0 saturated carbocycles. The summed E-state index contributed by atoms with van der Waals surface area (Å²) in [7, 11) is 0. The Morgan fingerprint density at radius 1 is 1.30 bits per heavy atom. The van der Waals surface area contributed by atoms with E-state index < -0.39 is 5.56 Å². The number of nitrogens with one attached hydrogen (secondary N) is 2. The largest absolute Gasteiger partial charge is 0.354 e. The molecule has 0 unspecified atom stereocenters. The summed E-state index contributed by atoms with van der Waals surface area (Å²) >= 11 is 0. The van der Waals surface area contributed by atoms with Gasteiger partial charge in [-0.15, -0.1) is 0 Å². The second-order valence-electron chi connectivity index (χ2n) is 5.65. The highest BCUT2D eigenvalue weighted by Crippen LogP contribution is 2.15. The van der Waals surface area contributed by atoms with Crippen LogP contribution in [-0.4, -0.2) is 41.3 Å². The van der Waals surface area contributed by atoms with E-state index in [0.717, 1.165) is 5.56 Å². The molecule has 1 aromatic rings. The van der Waals surface area contributed by atoms with E-state index in [1.807, 2.05) is 6.07 Å². The fraction of sp³-hybridized carbons (Fsp3) is 0.500. The van der Waals surface area contributed by atoms with Crippen molar-refractivity contribution >= 4 is 11.8 Å². The van der Waals surface area contributed by atoms with Crippen molar-refractivity contribution in [2.75, 3.05) is 19.6 Å². The van der Waals surface area contributed by atoms with Gasteiger partial charge in [0.2, 0.25) is 11.8 Å². The molecule has 0 aromatic carbocycles. The minimum atomic E-state index is -0.394. The maximum Gasteiger partial charge on any atom is 0.266 e. The molecule has 2 heterocycles. The van der Waals surface area contributed by atoms with Gasteiger partial charge in [-0.05, 0) is 31.4 Å². The number of amides is 2. The standard InChI is InChI=1S/C16H20N4O3/c1-10-12(11(2)19-16(23)13(10)9-17)3-4-15(22)20-7-5-14(21)18-6-8-20/h3-8H2,1-2H3,(H,18,21)(H,19,23). The molecule has 1 fully saturated rings. The Bertz CT molecular complexity index is 730. The van der Waals surface area contributed by atoms with Crippen molar-refractivity contribution < 1.29 is 9.59 Å². The molecule has 122 valence electrons. The van der Waals surface area contributed by atoms with E-state index in [2.05, 4.69) is 10.3 Å². The molecular weight excluding hydrogens is 296 g/mol. The summed E-state index contributed by atoms with van der Waals surface area (Å²) < 4.78 is 0. The van der Waals surface area contributed by atoms with Crippen molar-refractivity contribution in [2.24, 2.45) is 0 Å². The minimum absolute atomic E-state index is 0.0231. The summed E-state index contributed by atoms with van der Waals surface area (Å²) in [6.07, 6.45) is 1.06. The molecule has 2 amide bonds. The highest BCUT2D eigenvalue weighted by atomic mass is 16.2. The Morgan fingerprint density at radius 3 is 2.74 bits per heavy atom. The summed E-state index contributed by atoms with van der Waals surface area (Å²) in [4.78, 5) is 39.7. The molecule has 2 N–H and O–H groups in total. The lowest BCUT2D eigenvalue weighted by atomic mass is 9.99. The van der Waals surface area contributed by atoms with Crippen LogP contribution in [0.4, 0.5) is 0 Å². The third kappa shape index (κ3) is 3.77. The summed E-state index contributed by atoms with van der Waals surface area (Å²) in [6, 6.07) is 1.91. The first-order valence-corrected chi connectivity index (χ1v) is 7.61. The van der Waals surface area contributed by atoms with Crippen molar-refractivity contribution in [3.63, 3.8) is 0 Å². The molecular formula is C16H20N4O3. The Morgan fingerprint density at radius 2 is 2.04 bits per heavy atom. The first-order valence-electron chi connectivity index (χ1n) is 7.61. The molecule has 7 nitrogen and oxygen atoms in total. The summed E-state index contributed by atoms with van der Waals surface area (Å²) in [5.74, 6) is -0.0590. The van der Waals surface area contributed by atoms with Gasteiger partial charge in [-0.1, -0.05) is 0 Å². The molecule has 0 atom stereocenters. The zero-order chi connectivity index (χ0) is 17.0. The third-order valence-electron chi connectivity index (χ3n) is 4.17. The molecule has 1 aliphatic heterocycles. The van der Waals surface area contributed by atoms with Crippen LogP contribution in [0.3, 0.4) is 0 Å². The number of nitriles is 1. The Labute approximate surface area is 134 Å². The zero-order valence-electron chi connectivity index (χ0n) is 13.4. The van der Waals surface area contributed by atoms with Crippen LogP contribution < -0.4 is 10.9 Å². The number of aromatic amines is 1. The van der Waals surface area contributed by atoms with Gasteiger partial charge in [0.15, 0.2) is 0 Å². The highest BCUT2D eigenvalue weighted by molar-refractivity contribution is 5.80. The second kappa shape index (κ2) is 7.09. The average Bonchev–Trinajstić information content (AvgIpc) is 2.71. The number of aromatic nitrogens is 1. The Kier molecular flexibility index (Phi) is 5.16. The van der Waals surface area contributed by atoms with Crippen molar-refractivity contribution in [1.29, 1.82) is 5.26 Å². The molecule has 0 spiro atoms. The number of hydrogen-bond donors (Lipinski definition) is 2. The first kappa shape index (κ1) is 16.7. The SMILES string of the molecule is Cc1[nH]c(=O)c(C#N)c(C)c1CCC(=O)N1CCNC(=O)CC1. The number of pyridine rings is 1. The molecule has 0 bridgehead atoms. The molecule has 1 aromatic heterocycles. The van der Waals surface area contributed by atoms with Gasteiger partial charge in [0, 0.05) is 38.2 Å². The van der Waals surface area contributed by atoms with E-state index in [-0.39, 0.29) is 23.8 Å². The van der Waals surface area contributed by atoms with Crippen molar-refractivity contribution in [3.05, 3.63) is 32.7 Å². The van der Waals surface area contributed by atoms with E-state index in [1.165, 1.54) is 0 Å². The monoisotopic (exact) mass is 316 g/mol. The number of carbonyl (C=O) groups is 2. The van der Waals surface area contributed by atoms with Crippen molar-refractivity contribution in [2.45, 2.75) is 33.1 Å². The van der Waals surface area contributed by atoms with Gasteiger partial charge < -0.3 is 15.2 Å². The molecule has 23 heavy (non-hydrogen) atoms. The number of hydrogen-bond acceptors (Lipinski definition) is 4. The molecule has 7 heteroatoms. The average molecular weight is 316 g/mol. The van der Waals surface area contributed by atoms with Gasteiger partial charge in [0.05, 0.1) is 0 Å². The lowest BCUT2D eigenvalue weighted by molar-refractivity contribution is -0.131. The first-order chi connectivity index (χ1) is 10.9. The number of rotatable bonds is 3. The van der Waals surface area contributed by atoms with Gasteiger partial charge in [-0.25, -0.2) is 0 Å². The smallest absolute Gasteiger partial charge is 0.266 e. The van der Waals surface area contributed by atoms with Gasteiger partial charge in [0.1, 0.15) is 11.6 Å². The predicted octanol–water partition coefficient (Wildman–Crippen LogP) is 0.145. The Balaban J connectivity index is 2.09.